The third kappa shape index (κ3) is 4.99. The summed E-state index contributed by atoms with van der Waals surface area (Å²) >= 11 is 0. The SMILES string of the molecule is CC1=CC(C)=NC(=O)C1CNC(=O)c1cc(C2=CCN(C(=O)[C@H](C)N)CC2)nc2c1cnn2C(C)C. The van der Waals surface area contributed by atoms with E-state index in [2.05, 4.69) is 15.4 Å². The zero-order valence-corrected chi connectivity index (χ0v) is 21.4. The summed E-state index contributed by atoms with van der Waals surface area (Å²) < 4.78 is 1.79. The van der Waals surface area contributed by atoms with Crippen molar-refractivity contribution in [1.82, 2.24) is 25.0 Å². The molecule has 0 bridgehead atoms. The van der Waals surface area contributed by atoms with Gasteiger partial charge in [-0.1, -0.05) is 11.6 Å². The lowest BCUT2D eigenvalue weighted by molar-refractivity contribution is -0.131. The first-order chi connectivity index (χ1) is 17.1. The molecule has 0 fully saturated rings. The molecule has 0 saturated heterocycles. The van der Waals surface area contributed by atoms with E-state index in [9.17, 15) is 14.4 Å². The van der Waals surface area contributed by atoms with Crippen molar-refractivity contribution in [2.45, 2.75) is 53.1 Å². The van der Waals surface area contributed by atoms with Crippen LogP contribution in [0, 0.1) is 5.92 Å². The van der Waals surface area contributed by atoms with Crippen molar-refractivity contribution < 1.29 is 14.4 Å². The molecule has 0 saturated carbocycles. The quantitative estimate of drug-likeness (QED) is 0.636. The fraction of sp³-hybridized carbons (Fsp3) is 0.462. The van der Waals surface area contributed by atoms with Gasteiger partial charge >= 0.3 is 0 Å². The van der Waals surface area contributed by atoms with Crippen molar-refractivity contribution in [3.63, 3.8) is 0 Å². The average molecular weight is 492 g/mol. The standard InChI is InChI=1S/C26H33N7O3/c1-14(2)33-23-21(13-29-33)19(24(34)28-12-20-15(3)10-16(4)30-25(20)35)11-22(31-23)18-6-8-32(9-7-18)26(36)17(5)27/h6,10-11,13-14,17,20H,7-9,12,27H2,1-5H3,(H,28,34)/t17-,20?/m0/s1. The second-order valence-electron chi connectivity index (χ2n) is 9.77. The summed E-state index contributed by atoms with van der Waals surface area (Å²) in [6.45, 7) is 10.5. The van der Waals surface area contributed by atoms with E-state index in [-0.39, 0.29) is 30.3 Å². The summed E-state index contributed by atoms with van der Waals surface area (Å²) in [6, 6.07) is 1.27. The number of rotatable bonds is 6. The molecular formula is C26H33N7O3. The molecule has 10 heteroatoms. The Balaban J connectivity index is 1.64. The summed E-state index contributed by atoms with van der Waals surface area (Å²) in [5.41, 5.74) is 10.0. The van der Waals surface area contributed by atoms with Crippen molar-refractivity contribution >= 4 is 40.0 Å². The Labute approximate surface area is 210 Å². The van der Waals surface area contributed by atoms with Crippen LogP contribution in [0.15, 0.2) is 35.0 Å². The Bertz CT molecular complexity index is 1320. The Morgan fingerprint density at radius 2 is 2.00 bits per heavy atom. The molecule has 2 atom stereocenters. The number of aromatic nitrogens is 3. The van der Waals surface area contributed by atoms with E-state index in [0.717, 1.165) is 11.1 Å². The molecule has 4 rings (SSSR count). The lowest BCUT2D eigenvalue weighted by Gasteiger charge is -2.28. The molecular weight excluding hydrogens is 458 g/mol. The third-order valence-corrected chi connectivity index (χ3v) is 6.58. The molecule has 2 aliphatic heterocycles. The summed E-state index contributed by atoms with van der Waals surface area (Å²) in [6.07, 6.45) is 6.09. The molecule has 10 nitrogen and oxygen atoms in total. The molecule has 3 amide bonds. The van der Waals surface area contributed by atoms with Gasteiger partial charge in [-0.2, -0.15) is 5.10 Å². The Hall–Kier alpha value is -3.66. The molecule has 2 aromatic rings. The minimum absolute atomic E-state index is 0.0504. The van der Waals surface area contributed by atoms with Crippen LogP contribution in [0.5, 0.6) is 0 Å². The van der Waals surface area contributed by atoms with Gasteiger partial charge in [0.15, 0.2) is 5.65 Å². The van der Waals surface area contributed by atoms with Crippen LogP contribution in [0.1, 0.15) is 63.1 Å². The molecule has 3 N–H and O–H groups in total. The van der Waals surface area contributed by atoms with E-state index < -0.39 is 12.0 Å². The van der Waals surface area contributed by atoms with Gasteiger partial charge in [-0.05, 0) is 58.8 Å². The number of aliphatic imine (C=N–C) groups is 1. The molecule has 2 aliphatic rings. The van der Waals surface area contributed by atoms with Crippen LogP contribution in [0.4, 0.5) is 0 Å². The molecule has 36 heavy (non-hydrogen) atoms. The van der Waals surface area contributed by atoms with Crippen molar-refractivity contribution in [2.24, 2.45) is 16.6 Å². The van der Waals surface area contributed by atoms with Crippen LogP contribution in [0.25, 0.3) is 16.6 Å². The van der Waals surface area contributed by atoms with E-state index in [1.807, 2.05) is 32.9 Å². The van der Waals surface area contributed by atoms with Gasteiger partial charge in [0.2, 0.25) is 5.91 Å². The largest absolute Gasteiger partial charge is 0.351 e. The van der Waals surface area contributed by atoms with Crippen LogP contribution in [0.2, 0.25) is 0 Å². The first-order valence-electron chi connectivity index (χ1n) is 12.2. The smallest absolute Gasteiger partial charge is 0.254 e. The molecule has 0 aromatic carbocycles. The van der Waals surface area contributed by atoms with Crippen LogP contribution < -0.4 is 11.1 Å². The highest BCUT2D eigenvalue weighted by atomic mass is 16.2. The molecule has 1 unspecified atom stereocenters. The predicted octanol–water partition coefficient (Wildman–Crippen LogP) is 2.27. The molecule has 0 radical (unpaired) electrons. The number of hydrogen-bond acceptors (Lipinski definition) is 6. The number of allylic oxidation sites excluding steroid dienone is 1. The van der Waals surface area contributed by atoms with E-state index in [1.54, 1.807) is 35.7 Å². The first kappa shape index (κ1) is 25.4. The first-order valence-corrected chi connectivity index (χ1v) is 12.2. The molecule has 0 spiro atoms. The van der Waals surface area contributed by atoms with Gasteiger partial charge in [0.05, 0.1) is 34.8 Å². The van der Waals surface area contributed by atoms with E-state index in [4.69, 9.17) is 10.7 Å². The van der Waals surface area contributed by atoms with Crippen LogP contribution in [-0.4, -0.2) is 68.8 Å². The van der Waals surface area contributed by atoms with Gasteiger partial charge in [-0.3, -0.25) is 14.4 Å². The molecule has 190 valence electrons. The highest BCUT2D eigenvalue weighted by molar-refractivity contribution is 6.07. The maximum atomic E-state index is 13.4. The number of nitrogens with one attached hydrogen (secondary N) is 1. The lowest BCUT2D eigenvalue weighted by atomic mass is 9.95. The zero-order chi connectivity index (χ0) is 26.1. The maximum absolute atomic E-state index is 13.4. The number of nitrogens with two attached hydrogens (primary N) is 1. The lowest BCUT2D eigenvalue weighted by Crippen LogP contribution is -2.43. The van der Waals surface area contributed by atoms with Gasteiger partial charge < -0.3 is 16.0 Å². The fourth-order valence-corrected chi connectivity index (χ4v) is 4.59. The zero-order valence-electron chi connectivity index (χ0n) is 21.4. The second-order valence-corrected chi connectivity index (χ2v) is 9.77. The predicted molar refractivity (Wildman–Crippen MR) is 138 cm³/mol. The number of carbonyl (C=O) groups excluding carboxylic acids is 3. The number of carbonyl (C=O) groups is 3. The molecule has 2 aromatic heterocycles. The number of nitrogens with zero attached hydrogens (tertiary/aromatic N) is 5. The van der Waals surface area contributed by atoms with E-state index >= 15 is 0 Å². The summed E-state index contributed by atoms with van der Waals surface area (Å²) in [7, 11) is 0. The van der Waals surface area contributed by atoms with Gasteiger partial charge in [-0.15, -0.1) is 0 Å². The van der Waals surface area contributed by atoms with Crippen LogP contribution in [-0.2, 0) is 9.59 Å². The summed E-state index contributed by atoms with van der Waals surface area (Å²) in [5, 5.41) is 8.03. The number of pyridine rings is 1. The minimum Gasteiger partial charge on any atom is -0.351 e. The van der Waals surface area contributed by atoms with E-state index in [0.29, 0.717) is 47.5 Å². The Morgan fingerprint density at radius 3 is 2.61 bits per heavy atom. The topological polar surface area (TPSA) is 136 Å². The Morgan fingerprint density at radius 1 is 1.25 bits per heavy atom. The summed E-state index contributed by atoms with van der Waals surface area (Å²) in [4.78, 5) is 48.6. The fourth-order valence-electron chi connectivity index (χ4n) is 4.59. The number of hydrogen-bond donors (Lipinski definition) is 2. The van der Waals surface area contributed by atoms with Gasteiger partial charge in [0.25, 0.3) is 11.8 Å². The molecule has 4 heterocycles. The Kier molecular flexibility index (Phi) is 7.16. The minimum atomic E-state index is -0.547. The van der Waals surface area contributed by atoms with Gasteiger partial charge in [0.1, 0.15) is 0 Å². The average Bonchev–Trinajstić information content (AvgIpc) is 3.26. The monoisotopic (exact) mass is 491 g/mol. The van der Waals surface area contributed by atoms with Gasteiger partial charge in [-0.25, -0.2) is 14.7 Å². The van der Waals surface area contributed by atoms with Crippen LogP contribution >= 0.6 is 0 Å². The van der Waals surface area contributed by atoms with Gasteiger partial charge in [0, 0.05) is 31.4 Å². The van der Waals surface area contributed by atoms with Crippen LogP contribution in [0.3, 0.4) is 0 Å². The maximum Gasteiger partial charge on any atom is 0.254 e. The number of amides is 3. The molecule has 0 aliphatic carbocycles. The van der Waals surface area contributed by atoms with E-state index in [1.165, 1.54) is 0 Å². The highest BCUT2D eigenvalue weighted by Crippen LogP contribution is 2.28. The van der Waals surface area contributed by atoms with Crippen molar-refractivity contribution in [1.29, 1.82) is 0 Å². The number of fused-ring (bicyclic) bond motifs is 1. The van der Waals surface area contributed by atoms with Crippen molar-refractivity contribution in [3.05, 3.63) is 41.2 Å². The third-order valence-electron chi connectivity index (χ3n) is 6.58. The normalized spacial score (nSPS) is 19.2. The second kappa shape index (κ2) is 10.1. The van der Waals surface area contributed by atoms with Crippen molar-refractivity contribution in [2.75, 3.05) is 19.6 Å². The summed E-state index contributed by atoms with van der Waals surface area (Å²) in [5.74, 6) is -1.13. The highest BCUT2D eigenvalue weighted by Gasteiger charge is 2.26. The number of dihydropyridines is 1. The van der Waals surface area contributed by atoms with Crippen molar-refractivity contribution in [3.8, 4) is 0 Å².